The van der Waals surface area contributed by atoms with Crippen molar-refractivity contribution in [1.82, 2.24) is 0 Å². The predicted molar refractivity (Wildman–Crippen MR) is 117 cm³/mol. The Balaban J connectivity index is 1.90. The highest BCUT2D eigenvalue weighted by atomic mass is 79.9. The molecule has 0 saturated carbocycles. The molecule has 2 N–H and O–H groups in total. The molecule has 1 amide bonds. The molecule has 0 fully saturated rings. The zero-order chi connectivity index (χ0) is 21.0. The Bertz CT molecular complexity index is 1150. The third-order valence-electron chi connectivity index (χ3n) is 3.89. The number of methoxy groups -OCH3 is 1. The van der Waals surface area contributed by atoms with Crippen LogP contribution in [0.3, 0.4) is 0 Å². The maximum absolute atomic E-state index is 12.9. The van der Waals surface area contributed by atoms with Gasteiger partial charge in [-0.2, -0.15) is 0 Å². The lowest BCUT2D eigenvalue weighted by molar-refractivity contribution is 0.102. The average molecular weight is 496 g/mol. The summed E-state index contributed by atoms with van der Waals surface area (Å²) in [5, 5.41) is 3.09. The smallest absolute Gasteiger partial charge is 0.265 e. The number of hydrogen-bond acceptors (Lipinski definition) is 4. The minimum Gasteiger partial charge on any atom is -0.495 e. The maximum atomic E-state index is 12.9. The van der Waals surface area contributed by atoms with Crippen LogP contribution in [0.25, 0.3) is 0 Å². The second-order valence-electron chi connectivity index (χ2n) is 5.94. The van der Waals surface area contributed by atoms with Crippen LogP contribution in [0.2, 0.25) is 5.02 Å². The van der Waals surface area contributed by atoms with Gasteiger partial charge in [0.25, 0.3) is 15.9 Å². The molecule has 0 spiro atoms. The molecule has 0 heterocycles. The molecule has 150 valence electrons. The van der Waals surface area contributed by atoms with E-state index in [1.807, 2.05) is 0 Å². The van der Waals surface area contributed by atoms with Crippen molar-refractivity contribution in [2.75, 3.05) is 17.1 Å². The lowest BCUT2D eigenvalue weighted by Gasteiger charge is -2.14. The molecule has 3 aromatic rings. The summed E-state index contributed by atoms with van der Waals surface area (Å²) in [5.74, 6) is -0.266. The first-order chi connectivity index (χ1) is 13.8. The van der Waals surface area contributed by atoms with E-state index in [9.17, 15) is 13.2 Å². The summed E-state index contributed by atoms with van der Waals surface area (Å²) in [5.41, 5.74) is 1.04. The van der Waals surface area contributed by atoms with Gasteiger partial charge in [0.15, 0.2) is 0 Å². The molecule has 0 radical (unpaired) electrons. The summed E-state index contributed by atoms with van der Waals surface area (Å²) in [4.78, 5) is 12.3. The van der Waals surface area contributed by atoms with Crippen LogP contribution in [0.4, 0.5) is 11.4 Å². The van der Waals surface area contributed by atoms with E-state index in [1.54, 1.807) is 48.5 Å². The number of hydrogen-bond donors (Lipinski definition) is 2. The number of halogens is 2. The van der Waals surface area contributed by atoms with Gasteiger partial charge < -0.3 is 10.1 Å². The molecule has 9 heteroatoms. The van der Waals surface area contributed by atoms with Crippen LogP contribution in [-0.2, 0) is 10.0 Å². The molecule has 0 unspecified atom stereocenters. The van der Waals surface area contributed by atoms with Crippen LogP contribution >= 0.6 is 27.5 Å². The van der Waals surface area contributed by atoms with E-state index in [0.717, 1.165) is 4.47 Å². The van der Waals surface area contributed by atoms with Gasteiger partial charge in [0.2, 0.25) is 0 Å². The number of rotatable bonds is 6. The fourth-order valence-electron chi connectivity index (χ4n) is 2.53. The number of nitrogens with one attached hydrogen (secondary N) is 2. The number of benzene rings is 3. The van der Waals surface area contributed by atoms with E-state index >= 15 is 0 Å². The van der Waals surface area contributed by atoms with Gasteiger partial charge in [-0.1, -0.05) is 33.6 Å². The predicted octanol–water partition coefficient (Wildman–Crippen LogP) is 5.16. The summed E-state index contributed by atoms with van der Waals surface area (Å²) < 4.78 is 34.3. The number of sulfonamides is 1. The summed E-state index contributed by atoms with van der Waals surface area (Å²) >= 11 is 9.22. The largest absolute Gasteiger partial charge is 0.495 e. The standard InChI is InChI=1S/C20H16BrClN2O4S/c1-28-18-10-9-17(23-20(25)13-3-2-4-15(22)11-13)12-19(18)29(26,27)24-16-7-5-14(21)6-8-16/h2-12,24H,1H3,(H,23,25). The van der Waals surface area contributed by atoms with Crippen LogP contribution < -0.4 is 14.8 Å². The Hall–Kier alpha value is -2.55. The lowest BCUT2D eigenvalue weighted by Crippen LogP contribution is -2.16. The van der Waals surface area contributed by atoms with Gasteiger partial charge in [-0.15, -0.1) is 0 Å². The van der Waals surface area contributed by atoms with Crippen LogP contribution in [0.15, 0.2) is 76.1 Å². The Labute approximate surface area is 182 Å². The van der Waals surface area contributed by atoms with Gasteiger partial charge >= 0.3 is 0 Å². The number of amides is 1. The minimum atomic E-state index is -3.96. The summed E-state index contributed by atoms with van der Waals surface area (Å²) in [6.07, 6.45) is 0. The van der Waals surface area contributed by atoms with Gasteiger partial charge in [0.1, 0.15) is 10.6 Å². The first-order valence-electron chi connectivity index (χ1n) is 8.32. The van der Waals surface area contributed by atoms with Crippen molar-refractivity contribution < 1.29 is 17.9 Å². The SMILES string of the molecule is COc1ccc(NC(=O)c2cccc(Cl)c2)cc1S(=O)(=O)Nc1ccc(Br)cc1. The molecule has 3 rings (SSSR count). The summed E-state index contributed by atoms with van der Waals surface area (Å²) in [7, 11) is -2.59. The average Bonchev–Trinajstić information content (AvgIpc) is 2.69. The number of carbonyl (C=O) groups is 1. The van der Waals surface area contributed by atoms with Crippen LogP contribution in [0.5, 0.6) is 5.75 Å². The Morgan fingerprint density at radius 2 is 1.69 bits per heavy atom. The topological polar surface area (TPSA) is 84.5 Å². The monoisotopic (exact) mass is 494 g/mol. The van der Waals surface area contributed by atoms with E-state index in [-0.39, 0.29) is 10.6 Å². The van der Waals surface area contributed by atoms with Crippen molar-refractivity contribution in [3.63, 3.8) is 0 Å². The maximum Gasteiger partial charge on any atom is 0.265 e. The van der Waals surface area contributed by atoms with Gasteiger partial charge in [-0.05, 0) is 60.7 Å². The second-order valence-corrected chi connectivity index (χ2v) is 8.95. The van der Waals surface area contributed by atoms with Gasteiger partial charge in [0, 0.05) is 26.4 Å². The first kappa shape index (κ1) is 21.2. The van der Waals surface area contributed by atoms with Crippen LogP contribution in [0, 0.1) is 0 Å². The molecule has 0 aliphatic heterocycles. The quantitative estimate of drug-likeness (QED) is 0.494. The fourth-order valence-corrected chi connectivity index (χ4v) is 4.23. The van der Waals surface area contributed by atoms with E-state index in [1.165, 1.54) is 25.3 Å². The highest BCUT2D eigenvalue weighted by Crippen LogP contribution is 2.29. The highest BCUT2D eigenvalue weighted by molar-refractivity contribution is 9.10. The van der Waals surface area contributed by atoms with Crippen LogP contribution in [-0.4, -0.2) is 21.4 Å². The molecule has 0 atom stereocenters. The fraction of sp³-hybridized carbons (Fsp3) is 0.0500. The molecule has 29 heavy (non-hydrogen) atoms. The lowest BCUT2D eigenvalue weighted by atomic mass is 10.2. The third-order valence-corrected chi connectivity index (χ3v) is 6.06. The van der Waals surface area contributed by atoms with E-state index in [2.05, 4.69) is 26.0 Å². The zero-order valence-corrected chi connectivity index (χ0v) is 18.3. The molecule has 0 saturated heterocycles. The molecule has 0 aromatic heterocycles. The van der Waals surface area contributed by atoms with Gasteiger partial charge in [0.05, 0.1) is 7.11 Å². The van der Waals surface area contributed by atoms with E-state index < -0.39 is 15.9 Å². The number of ether oxygens (including phenoxy) is 1. The van der Waals surface area contributed by atoms with Crippen molar-refractivity contribution in [2.45, 2.75) is 4.90 Å². The Kier molecular flexibility index (Phi) is 6.46. The zero-order valence-electron chi connectivity index (χ0n) is 15.1. The molecule has 0 bridgehead atoms. The number of carbonyl (C=O) groups excluding carboxylic acids is 1. The normalized spacial score (nSPS) is 11.0. The van der Waals surface area contributed by atoms with Gasteiger partial charge in [-0.25, -0.2) is 8.42 Å². The van der Waals surface area contributed by atoms with Crippen molar-refractivity contribution >= 4 is 54.8 Å². The van der Waals surface area contributed by atoms with Crippen molar-refractivity contribution in [3.8, 4) is 5.75 Å². The molecule has 0 aliphatic rings. The minimum absolute atomic E-state index is 0.105. The van der Waals surface area contributed by atoms with Crippen molar-refractivity contribution in [1.29, 1.82) is 0 Å². The Morgan fingerprint density at radius 1 is 1.00 bits per heavy atom. The van der Waals surface area contributed by atoms with Crippen molar-refractivity contribution in [3.05, 3.63) is 81.8 Å². The highest BCUT2D eigenvalue weighted by Gasteiger charge is 2.21. The van der Waals surface area contributed by atoms with Crippen LogP contribution in [0.1, 0.15) is 10.4 Å². The molecular formula is C20H16BrClN2O4S. The number of anilines is 2. The van der Waals surface area contributed by atoms with Crippen molar-refractivity contribution in [2.24, 2.45) is 0 Å². The molecular weight excluding hydrogens is 480 g/mol. The molecule has 3 aromatic carbocycles. The molecule has 6 nitrogen and oxygen atoms in total. The molecule has 0 aliphatic carbocycles. The Morgan fingerprint density at radius 3 is 2.34 bits per heavy atom. The third kappa shape index (κ3) is 5.29. The summed E-state index contributed by atoms with van der Waals surface area (Å²) in [6.45, 7) is 0. The van der Waals surface area contributed by atoms with Gasteiger partial charge in [-0.3, -0.25) is 9.52 Å². The van der Waals surface area contributed by atoms with E-state index in [4.69, 9.17) is 16.3 Å². The summed E-state index contributed by atoms with van der Waals surface area (Å²) in [6, 6.07) is 17.5. The second kappa shape index (κ2) is 8.86. The van der Waals surface area contributed by atoms with E-state index in [0.29, 0.717) is 22.0 Å². The first-order valence-corrected chi connectivity index (χ1v) is 11.0.